The fourth-order valence-corrected chi connectivity index (χ4v) is 3.16. The van der Waals surface area contributed by atoms with Crippen LogP contribution >= 0.6 is 0 Å². The Morgan fingerprint density at radius 2 is 1.90 bits per heavy atom. The molecule has 0 aliphatic carbocycles. The van der Waals surface area contributed by atoms with Crippen LogP contribution in [-0.2, 0) is 6.54 Å². The van der Waals surface area contributed by atoms with Crippen LogP contribution in [0.4, 0.5) is 0 Å². The smallest absolute Gasteiger partial charge is 0.0948 e. The topological polar surface area (TPSA) is 29.9 Å². The van der Waals surface area contributed by atoms with Gasteiger partial charge in [-0.05, 0) is 25.8 Å². The van der Waals surface area contributed by atoms with E-state index in [1.54, 1.807) is 0 Å². The number of unbranched alkanes of at least 4 members (excludes halogenated alkanes) is 7. The molecule has 1 fully saturated rings. The monoisotopic (exact) mass is 277 g/mol. The quantitative estimate of drug-likeness (QED) is 0.640. The van der Waals surface area contributed by atoms with Crippen molar-refractivity contribution in [2.24, 2.45) is 0 Å². The average molecular weight is 277 g/mol. The maximum Gasteiger partial charge on any atom is 0.0948 e. The van der Waals surface area contributed by atoms with Gasteiger partial charge in [0.05, 0.1) is 12.0 Å². The van der Waals surface area contributed by atoms with Crippen molar-refractivity contribution in [3.05, 3.63) is 18.2 Å². The Hall–Kier alpha value is -0.830. The van der Waals surface area contributed by atoms with Crippen molar-refractivity contribution in [2.75, 3.05) is 6.54 Å². The highest BCUT2D eigenvalue weighted by Crippen LogP contribution is 2.23. The minimum atomic E-state index is 0.548. The average Bonchev–Trinajstić information content (AvgIpc) is 3.11. The maximum absolute atomic E-state index is 4.34. The molecule has 1 N–H and O–H groups in total. The first-order valence-corrected chi connectivity index (χ1v) is 8.65. The summed E-state index contributed by atoms with van der Waals surface area (Å²) >= 11 is 0. The largest absolute Gasteiger partial charge is 0.333 e. The van der Waals surface area contributed by atoms with Crippen molar-refractivity contribution in [2.45, 2.75) is 83.7 Å². The zero-order chi connectivity index (χ0) is 14.0. The van der Waals surface area contributed by atoms with Crippen molar-refractivity contribution in [1.29, 1.82) is 0 Å². The molecular formula is C17H31N3. The summed E-state index contributed by atoms with van der Waals surface area (Å²) < 4.78 is 2.36. The number of aryl methyl sites for hydroxylation is 1. The highest BCUT2D eigenvalue weighted by Gasteiger charge is 2.19. The Morgan fingerprint density at radius 3 is 2.60 bits per heavy atom. The summed E-state index contributed by atoms with van der Waals surface area (Å²) in [6.07, 6.45) is 17.7. The normalized spacial score (nSPS) is 18.8. The summed E-state index contributed by atoms with van der Waals surface area (Å²) in [6, 6.07) is 0.548. The van der Waals surface area contributed by atoms with Crippen molar-refractivity contribution in [1.82, 2.24) is 14.9 Å². The molecule has 1 aromatic rings. The molecule has 3 nitrogen and oxygen atoms in total. The number of nitrogens with one attached hydrogen (secondary N) is 1. The third kappa shape index (κ3) is 4.93. The van der Waals surface area contributed by atoms with Crippen LogP contribution < -0.4 is 5.32 Å². The molecule has 0 radical (unpaired) electrons. The Kier molecular flexibility index (Phi) is 7.13. The second kappa shape index (κ2) is 9.17. The Labute approximate surface area is 124 Å². The molecule has 2 heterocycles. The Balaban J connectivity index is 1.59. The number of hydrogen-bond acceptors (Lipinski definition) is 2. The van der Waals surface area contributed by atoms with Gasteiger partial charge in [0.15, 0.2) is 0 Å². The first-order chi connectivity index (χ1) is 9.92. The fraction of sp³-hybridized carbons (Fsp3) is 0.824. The van der Waals surface area contributed by atoms with Crippen LogP contribution in [0.2, 0.25) is 0 Å². The Morgan fingerprint density at radius 1 is 1.15 bits per heavy atom. The lowest BCUT2D eigenvalue weighted by molar-refractivity contribution is 0.515. The van der Waals surface area contributed by atoms with E-state index in [-0.39, 0.29) is 0 Å². The molecule has 1 aromatic heterocycles. The number of rotatable bonds is 10. The van der Waals surface area contributed by atoms with Crippen LogP contribution in [0, 0.1) is 0 Å². The summed E-state index contributed by atoms with van der Waals surface area (Å²) in [6.45, 7) is 4.58. The molecule has 1 saturated heterocycles. The van der Waals surface area contributed by atoms with E-state index in [1.165, 1.54) is 69.9 Å². The summed E-state index contributed by atoms with van der Waals surface area (Å²) in [5.74, 6) is 0. The predicted octanol–water partition coefficient (Wildman–Crippen LogP) is 4.45. The highest BCUT2D eigenvalue weighted by atomic mass is 15.1. The van der Waals surface area contributed by atoms with Gasteiger partial charge in [-0.15, -0.1) is 0 Å². The van der Waals surface area contributed by atoms with Crippen molar-refractivity contribution < 1.29 is 0 Å². The summed E-state index contributed by atoms with van der Waals surface area (Å²) in [4.78, 5) is 4.34. The minimum absolute atomic E-state index is 0.548. The maximum atomic E-state index is 4.34. The van der Waals surface area contributed by atoms with Gasteiger partial charge in [-0.3, -0.25) is 0 Å². The van der Waals surface area contributed by atoms with Crippen molar-refractivity contribution in [3.63, 3.8) is 0 Å². The molecule has 1 aliphatic heterocycles. The van der Waals surface area contributed by atoms with Gasteiger partial charge in [-0.25, -0.2) is 4.98 Å². The van der Waals surface area contributed by atoms with E-state index < -0.39 is 0 Å². The molecule has 0 saturated carbocycles. The number of nitrogens with zero attached hydrogens (tertiary/aromatic N) is 2. The van der Waals surface area contributed by atoms with Crippen LogP contribution in [0.25, 0.3) is 0 Å². The molecule has 20 heavy (non-hydrogen) atoms. The van der Waals surface area contributed by atoms with Gasteiger partial charge in [0.25, 0.3) is 0 Å². The molecule has 2 rings (SSSR count). The third-order valence-electron chi connectivity index (χ3n) is 4.41. The van der Waals surface area contributed by atoms with E-state index in [1.807, 2.05) is 12.5 Å². The van der Waals surface area contributed by atoms with Crippen LogP contribution in [0.3, 0.4) is 0 Å². The third-order valence-corrected chi connectivity index (χ3v) is 4.41. The molecule has 1 atom stereocenters. The summed E-state index contributed by atoms with van der Waals surface area (Å²) in [7, 11) is 0. The predicted molar refractivity (Wildman–Crippen MR) is 84.8 cm³/mol. The van der Waals surface area contributed by atoms with Crippen molar-refractivity contribution in [3.8, 4) is 0 Å². The van der Waals surface area contributed by atoms with Crippen LogP contribution in [0.1, 0.15) is 82.9 Å². The lowest BCUT2D eigenvalue weighted by atomic mass is 10.1. The van der Waals surface area contributed by atoms with Crippen molar-refractivity contribution >= 4 is 0 Å². The Bertz CT molecular complexity index is 353. The van der Waals surface area contributed by atoms with E-state index in [0.29, 0.717) is 6.04 Å². The minimum Gasteiger partial charge on any atom is -0.333 e. The zero-order valence-electron chi connectivity index (χ0n) is 13.1. The van der Waals surface area contributed by atoms with E-state index in [2.05, 4.69) is 21.8 Å². The van der Waals surface area contributed by atoms with Crippen LogP contribution in [0.5, 0.6) is 0 Å². The number of hydrogen-bond donors (Lipinski definition) is 1. The lowest BCUT2D eigenvalue weighted by Gasteiger charge is -2.13. The van der Waals surface area contributed by atoms with Gasteiger partial charge in [0.1, 0.15) is 0 Å². The lowest BCUT2D eigenvalue weighted by Crippen LogP contribution is -2.16. The molecule has 0 amide bonds. The van der Waals surface area contributed by atoms with Crippen LogP contribution in [0.15, 0.2) is 12.5 Å². The number of imidazole rings is 1. The van der Waals surface area contributed by atoms with Gasteiger partial charge >= 0.3 is 0 Å². The van der Waals surface area contributed by atoms with E-state index >= 15 is 0 Å². The molecular weight excluding hydrogens is 246 g/mol. The van der Waals surface area contributed by atoms with Gasteiger partial charge in [0.2, 0.25) is 0 Å². The molecule has 1 aliphatic rings. The highest BCUT2D eigenvalue weighted by molar-refractivity contribution is 5.07. The first-order valence-electron chi connectivity index (χ1n) is 8.65. The van der Waals surface area contributed by atoms with E-state index in [0.717, 1.165) is 13.1 Å². The molecule has 0 unspecified atom stereocenters. The summed E-state index contributed by atoms with van der Waals surface area (Å²) in [5, 5.41) is 3.57. The van der Waals surface area contributed by atoms with E-state index in [4.69, 9.17) is 0 Å². The molecule has 3 heteroatoms. The first kappa shape index (κ1) is 15.6. The second-order valence-corrected chi connectivity index (χ2v) is 6.14. The van der Waals surface area contributed by atoms with Gasteiger partial charge in [-0.2, -0.15) is 0 Å². The SMILES string of the molecule is CCCCCCCCCCn1cncc1[C@@H]1CCCN1. The number of aromatic nitrogens is 2. The molecule has 114 valence electrons. The second-order valence-electron chi connectivity index (χ2n) is 6.14. The summed E-state index contributed by atoms with van der Waals surface area (Å²) in [5.41, 5.74) is 1.39. The zero-order valence-corrected chi connectivity index (χ0v) is 13.1. The molecule has 0 bridgehead atoms. The van der Waals surface area contributed by atoms with Gasteiger partial charge in [0, 0.05) is 18.8 Å². The van der Waals surface area contributed by atoms with E-state index in [9.17, 15) is 0 Å². The molecule has 0 aromatic carbocycles. The van der Waals surface area contributed by atoms with Crippen LogP contribution in [-0.4, -0.2) is 16.1 Å². The van der Waals surface area contributed by atoms with Gasteiger partial charge < -0.3 is 9.88 Å². The van der Waals surface area contributed by atoms with Gasteiger partial charge in [-0.1, -0.05) is 51.9 Å². The fourth-order valence-electron chi connectivity index (χ4n) is 3.16. The molecule has 0 spiro atoms. The standard InChI is InChI=1S/C17H31N3/c1-2-3-4-5-6-7-8-9-13-20-15-18-14-17(20)16-11-10-12-19-16/h14-16,19H,2-13H2,1H3/t16-/m0/s1.